The minimum absolute atomic E-state index is 0.0660. The molecule has 5 unspecified atom stereocenters. The minimum atomic E-state index is -0.696. The fourth-order valence-corrected chi connectivity index (χ4v) is 7.14. The molecule has 0 fully saturated rings. The summed E-state index contributed by atoms with van der Waals surface area (Å²) in [7, 11) is 1.62. The lowest BCUT2D eigenvalue weighted by Gasteiger charge is -2.44. The van der Waals surface area contributed by atoms with Gasteiger partial charge in [0.25, 0.3) is 5.91 Å². The van der Waals surface area contributed by atoms with Crippen LogP contribution in [0.4, 0.5) is 0 Å². The van der Waals surface area contributed by atoms with E-state index in [1.807, 2.05) is 0 Å². The predicted molar refractivity (Wildman–Crippen MR) is 155 cm³/mol. The summed E-state index contributed by atoms with van der Waals surface area (Å²) in [6.45, 7) is 2.78. The van der Waals surface area contributed by atoms with Crippen LogP contribution in [0, 0.1) is 5.92 Å². The van der Waals surface area contributed by atoms with E-state index in [0.29, 0.717) is 42.9 Å². The predicted octanol–water partition coefficient (Wildman–Crippen LogP) is 3.58. The highest BCUT2D eigenvalue weighted by atomic mass is 16.5. The zero-order valence-electron chi connectivity index (χ0n) is 23.9. The van der Waals surface area contributed by atoms with Crippen LogP contribution in [-0.4, -0.2) is 59.7 Å². The first-order valence-electron chi connectivity index (χ1n) is 14.9. The first kappa shape index (κ1) is 27.7. The fourth-order valence-electron chi connectivity index (χ4n) is 7.14. The Morgan fingerprint density at radius 3 is 2.80 bits per heavy atom. The summed E-state index contributed by atoms with van der Waals surface area (Å²) >= 11 is 0. The number of nitrogens with two attached hydrogens (primary N) is 1. The van der Waals surface area contributed by atoms with E-state index in [0.717, 1.165) is 49.7 Å². The molecule has 41 heavy (non-hydrogen) atoms. The second-order valence-electron chi connectivity index (χ2n) is 12.0. The molecule has 5 aliphatic rings. The van der Waals surface area contributed by atoms with E-state index in [1.54, 1.807) is 30.2 Å². The third-order valence-corrected chi connectivity index (χ3v) is 9.41. The van der Waals surface area contributed by atoms with Crippen LogP contribution in [0.2, 0.25) is 0 Å². The molecule has 218 valence electrons. The Morgan fingerprint density at radius 2 is 2.02 bits per heavy atom. The SMILES string of the molecule is CCC12CCCCCc3ccc4c(c3)C(NC(=O)c3ccc5c(c3)C(C(COC)CO5)N(C(=O)C1)C(N)=N2)C(O)C4. The number of hydrogen-bond donors (Lipinski definition) is 3. The van der Waals surface area contributed by atoms with Gasteiger partial charge in [-0.2, -0.15) is 0 Å². The number of rotatable bonds is 3. The molecule has 0 saturated carbocycles. The molecule has 6 bridgehead atoms. The summed E-state index contributed by atoms with van der Waals surface area (Å²) in [6.07, 6.45) is 5.53. The van der Waals surface area contributed by atoms with Crippen molar-refractivity contribution in [1.82, 2.24) is 10.2 Å². The molecule has 5 atom stereocenters. The number of aliphatic imine (C=N–C) groups is 1. The van der Waals surface area contributed by atoms with Gasteiger partial charge in [0.15, 0.2) is 5.96 Å². The lowest BCUT2D eigenvalue weighted by atomic mass is 9.83. The van der Waals surface area contributed by atoms with Gasteiger partial charge in [-0.05, 0) is 60.6 Å². The van der Waals surface area contributed by atoms with Crippen LogP contribution in [0.25, 0.3) is 0 Å². The van der Waals surface area contributed by atoms with Gasteiger partial charge in [0.2, 0.25) is 5.91 Å². The standard InChI is InChI=1S/C32H40N4O5/c1-3-32-12-6-4-5-7-19-8-9-20-15-25(37)28(23(20)13-19)34-30(39)21-10-11-26-24(14-21)29(22(17-40-2)18-41-26)36(27(38)16-32)31(33)35-32/h8-11,13-14,22,25,28-29,37H,3-7,12,15-18H2,1-2H3,(H2,33,35)(H,34,39). The molecule has 9 nitrogen and oxygen atoms in total. The Hall–Kier alpha value is -3.43. The van der Waals surface area contributed by atoms with Crippen molar-refractivity contribution in [3.05, 3.63) is 64.2 Å². The van der Waals surface area contributed by atoms with Crippen LogP contribution in [0.3, 0.4) is 0 Å². The van der Waals surface area contributed by atoms with Gasteiger partial charge in [-0.15, -0.1) is 0 Å². The maximum Gasteiger partial charge on any atom is 0.251 e. The number of carbonyl (C=O) groups excluding carboxylic acids is 2. The van der Waals surface area contributed by atoms with Gasteiger partial charge in [-0.3, -0.25) is 14.5 Å². The molecule has 0 saturated heterocycles. The van der Waals surface area contributed by atoms with Crippen LogP contribution in [-0.2, 0) is 22.4 Å². The highest BCUT2D eigenvalue weighted by Gasteiger charge is 2.45. The average Bonchev–Trinajstić information content (AvgIpc) is 3.26. The maximum absolute atomic E-state index is 13.9. The van der Waals surface area contributed by atoms with Crippen LogP contribution in [0.15, 0.2) is 41.4 Å². The molecule has 2 amide bonds. The summed E-state index contributed by atoms with van der Waals surface area (Å²) in [4.78, 5) is 34.1. The molecule has 2 aromatic rings. The summed E-state index contributed by atoms with van der Waals surface area (Å²) < 4.78 is 11.6. The van der Waals surface area contributed by atoms with Crippen molar-refractivity contribution in [2.24, 2.45) is 16.6 Å². The van der Waals surface area contributed by atoms with Crippen LogP contribution in [0.1, 0.15) is 90.1 Å². The fraction of sp³-hybridized carbons (Fsp3) is 0.531. The number of ether oxygens (including phenoxy) is 2. The van der Waals surface area contributed by atoms with Gasteiger partial charge < -0.3 is 25.6 Å². The monoisotopic (exact) mass is 560 g/mol. The van der Waals surface area contributed by atoms with Gasteiger partial charge in [0.1, 0.15) is 5.75 Å². The van der Waals surface area contributed by atoms with E-state index in [9.17, 15) is 14.7 Å². The number of carbonyl (C=O) groups is 2. The van der Waals surface area contributed by atoms with E-state index in [2.05, 4.69) is 30.4 Å². The van der Waals surface area contributed by atoms with Gasteiger partial charge in [0.05, 0.1) is 43.4 Å². The number of amides is 2. The maximum atomic E-state index is 13.9. The van der Waals surface area contributed by atoms with E-state index in [1.165, 1.54) is 5.56 Å². The zero-order valence-corrected chi connectivity index (χ0v) is 23.9. The molecule has 0 radical (unpaired) electrons. The summed E-state index contributed by atoms with van der Waals surface area (Å²) in [6, 6.07) is 10.7. The molecule has 4 aliphatic heterocycles. The molecule has 0 spiro atoms. The molecule has 4 N–H and O–H groups in total. The van der Waals surface area contributed by atoms with Crippen molar-refractivity contribution < 1.29 is 24.2 Å². The summed E-state index contributed by atoms with van der Waals surface area (Å²) in [5, 5.41) is 14.0. The number of aliphatic hydroxyl groups is 1. The normalized spacial score (nSPS) is 29.6. The number of methoxy groups -OCH3 is 1. The number of nitrogens with zero attached hydrogens (tertiary/aromatic N) is 2. The van der Waals surface area contributed by atoms with E-state index >= 15 is 0 Å². The van der Waals surface area contributed by atoms with Crippen molar-refractivity contribution in [2.45, 2.75) is 82.0 Å². The first-order chi connectivity index (χ1) is 19.8. The zero-order chi connectivity index (χ0) is 28.7. The highest BCUT2D eigenvalue weighted by molar-refractivity contribution is 6.00. The molecule has 9 heteroatoms. The van der Waals surface area contributed by atoms with Gasteiger partial charge >= 0.3 is 0 Å². The Kier molecular flexibility index (Phi) is 7.50. The quantitative estimate of drug-likeness (QED) is 0.527. The molecular formula is C32H40N4O5. The van der Waals surface area contributed by atoms with Crippen molar-refractivity contribution in [3.63, 3.8) is 0 Å². The topological polar surface area (TPSA) is 126 Å². The lowest BCUT2D eigenvalue weighted by Crippen LogP contribution is -2.55. The number of fused-ring (bicyclic) bond motifs is 6. The van der Waals surface area contributed by atoms with Crippen molar-refractivity contribution in [2.75, 3.05) is 20.3 Å². The van der Waals surface area contributed by atoms with Crippen LogP contribution in [0.5, 0.6) is 5.75 Å². The van der Waals surface area contributed by atoms with Crippen molar-refractivity contribution >= 4 is 17.8 Å². The third-order valence-electron chi connectivity index (χ3n) is 9.41. The summed E-state index contributed by atoms with van der Waals surface area (Å²) in [5.74, 6) is 0.260. The van der Waals surface area contributed by atoms with Gasteiger partial charge in [-0.25, -0.2) is 4.99 Å². The molecule has 7 rings (SSSR count). The lowest BCUT2D eigenvalue weighted by molar-refractivity contribution is -0.133. The second kappa shape index (κ2) is 11.1. The highest BCUT2D eigenvalue weighted by Crippen LogP contribution is 2.43. The van der Waals surface area contributed by atoms with Crippen molar-refractivity contribution in [3.8, 4) is 5.75 Å². The summed E-state index contributed by atoms with van der Waals surface area (Å²) in [5.41, 5.74) is 10.5. The number of hydrogen-bond acceptors (Lipinski definition) is 7. The molecule has 2 aromatic carbocycles. The first-order valence-corrected chi connectivity index (χ1v) is 14.9. The Balaban J connectivity index is 1.44. The average molecular weight is 561 g/mol. The molecule has 4 heterocycles. The number of aryl methyl sites for hydroxylation is 1. The van der Waals surface area contributed by atoms with E-state index in [-0.39, 0.29) is 23.7 Å². The van der Waals surface area contributed by atoms with Gasteiger partial charge in [0, 0.05) is 30.6 Å². The molecule has 1 aliphatic carbocycles. The number of guanidine groups is 1. The van der Waals surface area contributed by atoms with E-state index < -0.39 is 23.7 Å². The van der Waals surface area contributed by atoms with Crippen molar-refractivity contribution in [1.29, 1.82) is 0 Å². The third kappa shape index (κ3) is 5.10. The van der Waals surface area contributed by atoms with Gasteiger partial charge in [-0.1, -0.05) is 38.0 Å². The number of aliphatic hydroxyl groups excluding tert-OH is 1. The van der Waals surface area contributed by atoms with Crippen LogP contribution >= 0.6 is 0 Å². The number of nitrogens with one attached hydrogen (secondary N) is 1. The second-order valence-corrected chi connectivity index (χ2v) is 12.0. The van der Waals surface area contributed by atoms with Crippen LogP contribution < -0.4 is 15.8 Å². The molecular weight excluding hydrogens is 520 g/mol. The largest absolute Gasteiger partial charge is 0.493 e. The van der Waals surface area contributed by atoms with E-state index in [4.69, 9.17) is 20.2 Å². The number of benzene rings is 2. The minimum Gasteiger partial charge on any atom is -0.493 e. The Bertz CT molecular complexity index is 1380. The Labute approximate surface area is 241 Å². The molecule has 0 aromatic heterocycles. The smallest absolute Gasteiger partial charge is 0.251 e. The Morgan fingerprint density at radius 1 is 1.17 bits per heavy atom.